The van der Waals surface area contributed by atoms with Crippen LogP contribution in [0.5, 0.6) is 5.88 Å². The number of hydrogen-bond donors (Lipinski definition) is 0. The highest BCUT2D eigenvalue weighted by Crippen LogP contribution is 2.22. The molecular weight excluding hydrogens is 355 g/mol. The van der Waals surface area contributed by atoms with E-state index in [1.807, 2.05) is 0 Å². The van der Waals surface area contributed by atoms with Crippen LogP contribution in [0.25, 0.3) is 0 Å². The Labute approximate surface area is 146 Å². The second kappa shape index (κ2) is 7.81. The minimum atomic E-state index is -4.56. The summed E-state index contributed by atoms with van der Waals surface area (Å²) in [6.45, 7) is -1.55. The Morgan fingerprint density at radius 1 is 1.31 bits per heavy atom. The van der Waals surface area contributed by atoms with Gasteiger partial charge in [0.2, 0.25) is 5.88 Å². The fourth-order valence-electron chi connectivity index (χ4n) is 2.14. The molecule has 0 aliphatic heterocycles. The number of nitro groups is 1. The number of rotatable bonds is 6. The summed E-state index contributed by atoms with van der Waals surface area (Å²) in [5, 5.41) is 10.8. The fourth-order valence-corrected chi connectivity index (χ4v) is 2.14. The Balaban J connectivity index is 2.15. The first-order valence-electron chi connectivity index (χ1n) is 7.31. The summed E-state index contributed by atoms with van der Waals surface area (Å²) in [5.74, 6) is -1.05. The molecule has 0 radical (unpaired) electrons. The van der Waals surface area contributed by atoms with Gasteiger partial charge < -0.3 is 9.64 Å². The highest BCUT2D eigenvalue weighted by molar-refractivity contribution is 5.96. The molecule has 7 nitrogen and oxygen atoms in total. The molecular formula is C16H14F3N3O4. The average Bonchev–Trinajstić information content (AvgIpc) is 2.59. The molecule has 0 saturated carbocycles. The molecule has 2 aromatic rings. The van der Waals surface area contributed by atoms with Crippen molar-refractivity contribution < 1.29 is 27.6 Å². The maximum atomic E-state index is 12.5. The highest BCUT2D eigenvalue weighted by Gasteiger charge is 2.30. The van der Waals surface area contributed by atoms with Crippen molar-refractivity contribution in [3.63, 3.8) is 0 Å². The van der Waals surface area contributed by atoms with E-state index < -0.39 is 29.5 Å². The Morgan fingerprint density at radius 2 is 2.04 bits per heavy atom. The number of benzene rings is 1. The smallest absolute Gasteiger partial charge is 0.422 e. The van der Waals surface area contributed by atoms with E-state index in [-0.39, 0.29) is 17.8 Å². The van der Waals surface area contributed by atoms with E-state index in [9.17, 15) is 28.1 Å². The van der Waals surface area contributed by atoms with Crippen molar-refractivity contribution in [1.29, 1.82) is 0 Å². The van der Waals surface area contributed by atoms with Crippen molar-refractivity contribution >= 4 is 11.6 Å². The number of pyridine rings is 1. The maximum Gasteiger partial charge on any atom is 0.422 e. The summed E-state index contributed by atoms with van der Waals surface area (Å²) in [4.78, 5) is 27.6. The van der Waals surface area contributed by atoms with Gasteiger partial charge >= 0.3 is 6.18 Å². The molecule has 0 aliphatic carbocycles. The van der Waals surface area contributed by atoms with Crippen LogP contribution in [0.1, 0.15) is 15.9 Å². The summed E-state index contributed by atoms with van der Waals surface area (Å²) in [6.07, 6.45) is -3.35. The molecule has 0 bridgehead atoms. The number of halogens is 3. The molecule has 2 rings (SSSR count). The molecule has 0 unspecified atom stereocenters. The van der Waals surface area contributed by atoms with Gasteiger partial charge in [-0.05, 0) is 17.7 Å². The van der Waals surface area contributed by atoms with Gasteiger partial charge in [0.1, 0.15) is 5.56 Å². The standard InChI is InChI=1S/C16H14F3N3O4/c1-21(9-11-4-2-5-12(8-11)22(24)25)15(23)13-6-3-7-20-14(13)26-10-16(17,18)19/h2-8H,9-10H2,1H3. The first-order valence-corrected chi connectivity index (χ1v) is 7.31. The minimum absolute atomic E-state index is 0.0219. The number of nitrogens with zero attached hydrogens (tertiary/aromatic N) is 3. The lowest BCUT2D eigenvalue weighted by Crippen LogP contribution is -2.28. The fraction of sp³-hybridized carbons (Fsp3) is 0.250. The summed E-state index contributed by atoms with van der Waals surface area (Å²) in [5.41, 5.74) is 0.236. The lowest BCUT2D eigenvalue weighted by molar-refractivity contribution is -0.384. The molecule has 26 heavy (non-hydrogen) atoms. The lowest BCUT2D eigenvalue weighted by atomic mass is 10.1. The van der Waals surface area contributed by atoms with Crippen molar-refractivity contribution in [3.05, 3.63) is 63.8 Å². The molecule has 1 amide bonds. The van der Waals surface area contributed by atoms with Crippen LogP contribution in [0.2, 0.25) is 0 Å². The summed E-state index contributed by atoms with van der Waals surface area (Å²) >= 11 is 0. The zero-order valence-corrected chi connectivity index (χ0v) is 13.6. The second-order valence-electron chi connectivity index (χ2n) is 5.35. The molecule has 0 aliphatic rings. The van der Waals surface area contributed by atoms with Crippen LogP contribution in [-0.2, 0) is 6.54 Å². The zero-order chi connectivity index (χ0) is 19.3. The largest absolute Gasteiger partial charge is 0.467 e. The second-order valence-corrected chi connectivity index (χ2v) is 5.35. The summed E-state index contributed by atoms with van der Waals surface area (Å²) < 4.78 is 41.6. The topological polar surface area (TPSA) is 85.6 Å². The van der Waals surface area contributed by atoms with Crippen LogP contribution in [-0.4, -0.2) is 40.5 Å². The van der Waals surface area contributed by atoms with Gasteiger partial charge in [-0.2, -0.15) is 13.2 Å². The normalized spacial score (nSPS) is 11.1. The number of nitro benzene ring substituents is 1. The number of ether oxygens (including phenoxy) is 1. The molecule has 138 valence electrons. The van der Waals surface area contributed by atoms with Gasteiger partial charge in [-0.3, -0.25) is 14.9 Å². The molecule has 0 N–H and O–H groups in total. The van der Waals surface area contributed by atoms with Crippen LogP contribution in [0.15, 0.2) is 42.6 Å². The lowest BCUT2D eigenvalue weighted by Gasteiger charge is -2.19. The third-order valence-corrected chi connectivity index (χ3v) is 3.26. The van der Waals surface area contributed by atoms with Crippen molar-refractivity contribution in [2.75, 3.05) is 13.7 Å². The van der Waals surface area contributed by atoms with E-state index in [1.54, 1.807) is 6.07 Å². The van der Waals surface area contributed by atoms with Crippen molar-refractivity contribution in [3.8, 4) is 5.88 Å². The van der Waals surface area contributed by atoms with Gasteiger partial charge in [-0.1, -0.05) is 12.1 Å². The molecule has 1 aromatic heterocycles. The van der Waals surface area contributed by atoms with Crippen molar-refractivity contribution in [1.82, 2.24) is 9.88 Å². The van der Waals surface area contributed by atoms with Gasteiger partial charge in [0, 0.05) is 31.9 Å². The van der Waals surface area contributed by atoms with Crippen LogP contribution in [0.4, 0.5) is 18.9 Å². The Hall–Kier alpha value is -3.17. The zero-order valence-electron chi connectivity index (χ0n) is 13.6. The maximum absolute atomic E-state index is 12.5. The van der Waals surface area contributed by atoms with Crippen LogP contribution in [0.3, 0.4) is 0 Å². The molecule has 1 aromatic carbocycles. The van der Waals surface area contributed by atoms with E-state index in [1.165, 1.54) is 48.5 Å². The molecule has 0 atom stereocenters. The minimum Gasteiger partial charge on any atom is -0.467 e. The highest BCUT2D eigenvalue weighted by atomic mass is 19.4. The number of carbonyl (C=O) groups excluding carboxylic acids is 1. The number of non-ortho nitro benzene ring substituents is 1. The SMILES string of the molecule is CN(Cc1cccc([N+](=O)[O-])c1)C(=O)c1cccnc1OCC(F)(F)F. The predicted molar refractivity (Wildman–Crippen MR) is 84.7 cm³/mol. The Bertz CT molecular complexity index is 811. The van der Waals surface area contributed by atoms with Crippen molar-refractivity contribution in [2.45, 2.75) is 12.7 Å². The molecule has 10 heteroatoms. The quantitative estimate of drug-likeness (QED) is 0.577. The van der Waals surface area contributed by atoms with E-state index in [0.717, 1.165) is 0 Å². The van der Waals surface area contributed by atoms with Crippen LogP contribution < -0.4 is 4.74 Å². The van der Waals surface area contributed by atoms with E-state index in [2.05, 4.69) is 9.72 Å². The number of carbonyl (C=O) groups is 1. The Kier molecular flexibility index (Phi) is 5.75. The first kappa shape index (κ1) is 19.2. The van der Waals surface area contributed by atoms with E-state index >= 15 is 0 Å². The molecule has 0 fully saturated rings. The number of aromatic nitrogens is 1. The van der Waals surface area contributed by atoms with Gasteiger partial charge in [-0.25, -0.2) is 4.98 Å². The third kappa shape index (κ3) is 5.16. The molecule has 0 spiro atoms. The summed E-state index contributed by atoms with van der Waals surface area (Å²) in [7, 11) is 1.42. The Morgan fingerprint density at radius 3 is 2.69 bits per heavy atom. The average molecular weight is 369 g/mol. The summed E-state index contributed by atoms with van der Waals surface area (Å²) in [6, 6.07) is 8.40. The monoisotopic (exact) mass is 369 g/mol. The number of hydrogen-bond acceptors (Lipinski definition) is 5. The van der Waals surface area contributed by atoms with Crippen LogP contribution in [0, 0.1) is 10.1 Å². The van der Waals surface area contributed by atoms with E-state index in [4.69, 9.17) is 0 Å². The van der Waals surface area contributed by atoms with Gasteiger partial charge in [0.25, 0.3) is 11.6 Å². The predicted octanol–water partition coefficient (Wildman–Crippen LogP) is 3.20. The van der Waals surface area contributed by atoms with E-state index in [0.29, 0.717) is 5.56 Å². The third-order valence-electron chi connectivity index (χ3n) is 3.26. The van der Waals surface area contributed by atoms with Gasteiger partial charge in [0.15, 0.2) is 6.61 Å². The van der Waals surface area contributed by atoms with Crippen LogP contribution >= 0.6 is 0 Å². The molecule has 1 heterocycles. The molecule has 0 saturated heterocycles. The van der Waals surface area contributed by atoms with Gasteiger partial charge in [0.05, 0.1) is 4.92 Å². The first-order chi connectivity index (χ1) is 12.2. The number of amides is 1. The number of alkyl halides is 3. The van der Waals surface area contributed by atoms with Crippen molar-refractivity contribution in [2.24, 2.45) is 0 Å². The van der Waals surface area contributed by atoms with Gasteiger partial charge in [-0.15, -0.1) is 0 Å².